The van der Waals surface area contributed by atoms with Gasteiger partial charge < -0.3 is 25.3 Å². The van der Waals surface area contributed by atoms with E-state index in [1.165, 1.54) is 21.3 Å². The van der Waals surface area contributed by atoms with Crippen LogP contribution in [0.2, 0.25) is 0 Å². The highest BCUT2D eigenvalue weighted by Crippen LogP contribution is 2.34. The Bertz CT molecular complexity index is 463. The van der Waals surface area contributed by atoms with Gasteiger partial charge in [-0.3, -0.25) is 4.79 Å². The molecular formula is C15H24N2O4. The van der Waals surface area contributed by atoms with Gasteiger partial charge >= 0.3 is 0 Å². The summed E-state index contributed by atoms with van der Waals surface area (Å²) < 4.78 is 15.6. The number of nitrogens with one attached hydrogen (secondary N) is 1. The first-order valence-corrected chi connectivity index (χ1v) is 6.96. The molecule has 0 aliphatic rings. The Morgan fingerprint density at radius 3 is 2.19 bits per heavy atom. The van der Waals surface area contributed by atoms with Crippen LogP contribution in [0.3, 0.4) is 0 Å². The molecule has 21 heavy (non-hydrogen) atoms. The number of hydrogen-bond donors (Lipinski definition) is 2. The van der Waals surface area contributed by atoms with E-state index in [4.69, 9.17) is 19.9 Å². The molecule has 0 aliphatic carbocycles. The molecule has 0 aliphatic heterocycles. The summed E-state index contributed by atoms with van der Waals surface area (Å²) in [7, 11) is 4.58. The summed E-state index contributed by atoms with van der Waals surface area (Å²) in [5, 5.41) is 2.87. The van der Waals surface area contributed by atoms with Crippen LogP contribution in [0.15, 0.2) is 12.1 Å². The monoisotopic (exact) mass is 296 g/mol. The third-order valence-electron chi connectivity index (χ3n) is 3.12. The quantitative estimate of drug-likeness (QED) is 0.676. The van der Waals surface area contributed by atoms with Crippen LogP contribution in [-0.2, 0) is 0 Å². The Kier molecular flexibility index (Phi) is 7.39. The first kappa shape index (κ1) is 17.1. The largest absolute Gasteiger partial charge is 0.496 e. The molecule has 6 heteroatoms. The summed E-state index contributed by atoms with van der Waals surface area (Å²) in [6, 6.07) is 3.26. The number of benzene rings is 1. The van der Waals surface area contributed by atoms with Crippen molar-refractivity contribution in [3.63, 3.8) is 0 Å². The fraction of sp³-hybridized carbons (Fsp3) is 0.533. The molecular weight excluding hydrogens is 272 g/mol. The van der Waals surface area contributed by atoms with Gasteiger partial charge in [0, 0.05) is 18.7 Å². The third-order valence-corrected chi connectivity index (χ3v) is 3.12. The van der Waals surface area contributed by atoms with Gasteiger partial charge in [0.2, 0.25) is 0 Å². The molecule has 1 rings (SSSR count). The number of carbonyl (C=O) groups excluding carboxylic acids is 1. The van der Waals surface area contributed by atoms with E-state index in [-0.39, 0.29) is 5.91 Å². The minimum absolute atomic E-state index is 0.194. The van der Waals surface area contributed by atoms with Crippen LogP contribution < -0.4 is 25.3 Å². The molecule has 1 aromatic carbocycles. The molecule has 0 saturated carbocycles. The molecule has 0 aromatic heterocycles. The summed E-state index contributed by atoms with van der Waals surface area (Å²) in [4.78, 5) is 12.2. The zero-order valence-corrected chi connectivity index (χ0v) is 12.9. The average molecular weight is 296 g/mol. The Balaban J connectivity index is 2.77. The van der Waals surface area contributed by atoms with Crippen LogP contribution in [-0.4, -0.2) is 40.3 Å². The smallest absolute Gasteiger partial charge is 0.255 e. The molecule has 0 unspecified atom stereocenters. The lowest BCUT2D eigenvalue weighted by Gasteiger charge is -2.14. The average Bonchev–Trinajstić information content (AvgIpc) is 2.52. The normalized spacial score (nSPS) is 10.1. The van der Waals surface area contributed by atoms with E-state index in [9.17, 15) is 4.79 Å². The third kappa shape index (κ3) is 4.82. The molecule has 0 fully saturated rings. The second-order valence-electron chi connectivity index (χ2n) is 4.51. The molecule has 0 bridgehead atoms. The Morgan fingerprint density at radius 2 is 1.62 bits per heavy atom. The van der Waals surface area contributed by atoms with Crippen LogP contribution in [0, 0.1) is 0 Å². The van der Waals surface area contributed by atoms with Crippen molar-refractivity contribution in [2.45, 2.75) is 19.3 Å². The van der Waals surface area contributed by atoms with Gasteiger partial charge in [0.05, 0.1) is 26.9 Å². The first-order chi connectivity index (χ1) is 10.2. The molecule has 0 atom stereocenters. The van der Waals surface area contributed by atoms with Crippen molar-refractivity contribution < 1.29 is 19.0 Å². The van der Waals surface area contributed by atoms with E-state index in [1.54, 1.807) is 12.1 Å². The lowest BCUT2D eigenvalue weighted by atomic mass is 10.1. The summed E-state index contributed by atoms with van der Waals surface area (Å²) in [6.07, 6.45) is 2.87. The first-order valence-electron chi connectivity index (χ1n) is 6.96. The molecule has 0 heterocycles. The number of ether oxygens (including phenoxy) is 3. The molecule has 0 spiro atoms. The molecule has 1 amide bonds. The van der Waals surface area contributed by atoms with Crippen LogP contribution >= 0.6 is 0 Å². The summed E-state index contributed by atoms with van der Waals surface area (Å²) >= 11 is 0. The SMILES string of the molecule is COc1cc(OC)c(C(=O)NCCCCCN)cc1OC. The molecule has 0 radical (unpaired) electrons. The second kappa shape index (κ2) is 9.07. The highest BCUT2D eigenvalue weighted by atomic mass is 16.5. The summed E-state index contributed by atoms with van der Waals surface area (Å²) in [5.74, 6) is 1.27. The number of hydrogen-bond acceptors (Lipinski definition) is 5. The van der Waals surface area contributed by atoms with E-state index in [0.717, 1.165) is 19.3 Å². The molecule has 118 valence electrons. The van der Waals surface area contributed by atoms with Crippen molar-refractivity contribution in [2.24, 2.45) is 5.73 Å². The standard InChI is InChI=1S/C15H24N2O4/c1-19-12-10-14(21-3)13(20-2)9-11(12)15(18)17-8-6-4-5-7-16/h9-10H,4-8,16H2,1-3H3,(H,17,18). The lowest BCUT2D eigenvalue weighted by molar-refractivity contribution is 0.0949. The van der Waals surface area contributed by atoms with Gasteiger partial charge in [-0.1, -0.05) is 6.42 Å². The van der Waals surface area contributed by atoms with Gasteiger partial charge in [-0.25, -0.2) is 0 Å². The van der Waals surface area contributed by atoms with E-state index >= 15 is 0 Å². The maximum absolute atomic E-state index is 12.2. The molecule has 0 saturated heterocycles. The predicted molar refractivity (Wildman–Crippen MR) is 81.3 cm³/mol. The summed E-state index contributed by atoms with van der Waals surface area (Å²) in [5.41, 5.74) is 5.85. The minimum atomic E-state index is -0.194. The van der Waals surface area contributed by atoms with Gasteiger partial charge in [0.15, 0.2) is 11.5 Å². The second-order valence-corrected chi connectivity index (χ2v) is 4.51. The van der Waals surface area contributed by atoms with E-state index < -0.39 is 0 Å². The van der Waals surface area contributed by atoms with Crippen molar-refractivity contribution in [3.05, 3.63) is 17.7 Å². The maximum atomic E-state index is 12.2. The maximum Gasteiger partial charge on any atom is 0.255 e. The van der Waals surface area contributed by atoms with Gasteiger partial charge in [0.25, 0.3) is 5.91 Å². The zero-order valence-electron chi connectivity index (χ0n) is 12.9. The number of carbonyl (C=O) groups is 1. The van der Waals surface area contributed by atoms with Gasteiger partial charge in [-0.2, -0.15) is 0 Å². The fourth-order valence-electron chi connectivity index (χ4n) is 1.95. The molecule has 1 aromatic rings. The van der Waals surface area contributed by atoms with Crippen LogP contribution in [0.1, 0.15) is 29.6 Å². The fourth-order valence-corrected chi connectivity index (χ4v) is 1.95. The van der Waals surface area contributed by atoms with Crippen molar-refractivity contribution in [1.82, 2.24) is 5.32 Å². The Morgan fingerprint density at radius 1 is 1.00 bits per heavy atom. The number of nitrogens with two attached hydrogens (primary N) is 1. The zero-order chi connectivity index (χ0) is 15.7. The van der Waals surface area contributed by atoms with Crippen molar-refractivity contribution in [1.29, 1.82) is 0 Å². The Hall–Kier alpha value is -1.95. The summed E-state index contributed by atoms with van der Waals surface area (Å²) in [6.45, 7) is 1.29. The molecule has 3 N–H and O–H groups in total. The van der Waals surface area contributed by atoms with Gasteiger partial charge in [-0.05, 0) is 19.4 Å². The number of methoxy groups -OCH3 is 3. The van der Waals surface area contributed by atoms with E-state index in [2.05, 4.69) is 5.32 Å². The van der Waals surface area contributed by atoms with Gasteiger partial charge in [-0.15, -0.1) is 0 Å². The number of rotatable bonds is 9. The minimum Gasteiger partial charge on any atom is -0.496 e. The van der Waals surface area contributed by atoms with Crippen molar-refractivity contribution in [3.8, 4) is 17.2 Å². The van der Waals surface area contributed by atoms with E-state index in [1.807, 2.05) is 0 Å². The van der Waals surface area contributed by atoms with Crippen molar-refractivity contribution in [2.75, 3.05) is 34.4 Å². The highest BCUT2D eigenvalue weighted by Gasteiger charge is 2.17. The lowest BCUT2D eigenvalue weighted by Crippen LogP contribution is -2.25. The van der Waals surface area contributed by atoms with Crippen LogP contribution in [0.5, 0.6) is 17.2 Å². The topological polar surface area (TPSA) is 82.8 Å². The Labute approximate surface area is 125 Å². The molecule has 6 nitrogen and oxygen atoms in total. The number of unbranched alkanes of at least 4 members (excludes halogenated alkanes) is 2. The highest BCUT2D eigenvalue weighted by molar-refractivity contribution is 5.97. The van der Waals surface area contributed by atoms with Crippen LogP contribution in [0.4, 0.5) is 0 Å². The number of amides is 1. The van der Waals surface area contributed by atoms with E-state index in [0.29, 0.717) is 35.9 Å². The van der Waals surface area contributed by atoms with Crippen LogP contribution in [0.25, 0.3) is 0 Å². The predicted octanol–water partition coefficient (Wildman–Crippen LogP) is 1.57. The van der Waals surface area contributed by atoms with Crippen molar-refractivity contribution >= 4 is 5.91 Å². The van der Waals surface area contributed by atoms with Gasteiger partial charge in [0.1, 0.15) is 5.75 Å².